The Hall–Kier alpha value is -2.18. The number of hydrogen-bond donors (Lipinski definition) is 1. The van der Waals surface area contributed by atoms with Crippen LogP contribution in [-0.2, 0) is 15.6 Å². The van der Waals surface area contributed by atoms with Gasteiger partial charge >= 0.3 is 0 Å². The Balaban J connectivity index is 1.82. The summed E-state index contributed by atoms with van der Waals surface area (Å²) in [5.41, 5.74) is 7.05. The van der Waals surface area contributed by atoms with Gasteiger partial charge in [-0.3, -0.25) is 4.79 Å². The first kappa shape index (κ1) is 17.6. The van der Waals surface area contributed by atoms with E-state index in [1.807, 2.05) is 18.2 Å². The number of rotatable bonds is 4. The summed E-state index contributed by atoms with van der Waals surface area (Å²) in [6.45, 7) is 1.17. The molecule has 1 aliphatic rings. The Labute approximate surface area is 148 Å². The fraction of sp³-hybridized carbons (Fsp3) is 0.316. The summed E-state index contributed by atoms with van der Waals surface area (Å²) in [6, 6.07) is 15.3. The van der Waals surface area contributed by atoms with Gasteiger partial charge in [-0.05, 0) is 36.6 Å². The first-order valence-electron chi connectivity index (χ1n) is 8.37. The van der Waals surface area contributed by atoms with Crippen LogP contribution >= 0.6 is 0 Å². The van der Waals surface area contributed by atoms with E-state index in [0.29, 0.717) is 18.7 Å². The molecule has 0 radical (unpaired) electrons. The molecule has 5 nitrogen and oxygen atoms in total. The van der Waals surface area contributed by atoms with E-state index in [2.05, 4.69) is 0 Å². The molecule has 25 heavy (non-hydrogen) atoms. The van der Waals surface area contributed by atoms with E-state index in [1.165, 1.54) is 12.1 Å². The molecule has 0 bridgehead atoms. The second kappa shape index (κ2) is 7.37. The predicted octanol–water partition coefficient (Wildman–Crippen LogP) is 2.22. The molecule has 1 aliphatic heterocycles. The van der Waals surface area contributed by atoms with Gasteiger partial charge in [0.2, 0.25) is 0 Å². The van der Waals surface area contributed by atoms with Crippen LogP contribution < -0.4 is 5.73 Å². The van der Waals surface area contributed by atoms with Crippen molar-refractivity contribution >= 4 is 15.7 Å². The molecule has 0 spiro atoms. The molecule has 6 heteroatoms. The minimum absolute atomic E-state index is 0.0114. The Morgan fingerprint density at radius 2 is 1.88 bits per heavy atom. The standard InChI is InChI=1S/C19H22N2O3S/c20-17-9-5-11-21(13-17)19(22)16-8-4-10-18(12-16)25(23,24)14-15-6-2-1-3-7-15/h1-4,6-8,10,12,17H,5,9,11,13-14,20H2. The van der Waals surface area contributed by atoms with Crippen molar-refractivity contribution in [2.75, 3.05) is 13.1 Å². The number of carbonyl (C=O) groups is 1. The maximum absolute atomic E-state index is 12.7. The van der Waals surface area contributed by atoms with Crippen molar-refractivity contribution in [3.8, 4) is 0 Å². The molecule has 1 saturated heterocycles. The summed E-state index contributed by atoms with van der Waals surface area (Å²) < 4.78 is 25.3. The van der Waals surface area contributed by atoms with E-state index >= 15 is 0 Å². The molecule has 3 rings (SSSR count). The van der Waals surface area contributed by atoms with E-state index in [1.54, 1.807) is 29.2 Å². The lowest BCUT2D eigenvalue weighted by molar-refractivity contribution is 0.0708. The normalized spacial score (nSPS) is 18.1. The van der Waals surface area contributed by atoms with E-state index < -0.39 is 9.84 Å². The second-order valence-electron chi connectivity index (χ2n) is 6.43. The van der Waals surface area contributed by atoms with Crippen molar-refractivity contribution in [1.82, 2.24) is 4.90 Å². The smallest absolute Gasteiger partial charge is 0.253 e. The van der Waals surface area contributed by atoms with E-state index in [9.17, 15) is 13.2 Å². The highest BCUT2D eigenvalue weighted by Gasteiger charge is 2.24. The third kappa shape index (κ3) is 4.27. The van der Waals surface area contributed by atoms with Crippen LogP contribution in [0.25, 0.3) is 0 Å². The summed E-state index contributed by atoms with van der Waals surface area (Å²) in [5, 5.41) is 0. The van der Waals surface area contributed by atoms with Crippen LogP contribution in [0.2, 0.25) is 0 Å². The van der Waals surface area contributed by atoms with Crippen LogP contribution in [0.1, 0.15) is 28.8 Å². The lowest BCUT2D eigenvalue weighted by atomic mass is 10.1. The molecule has 0 aromatic heterocycles. The second-order valence-corrected chi connectivity index (χ2v) is 8.42. The Bertz CT molecular complexity index is 850. The summed E-state index contributed by atoms with van der Waals surface area (Å²) in [7, 11) is -3.51. The summed E-state index contributed by atoms with van der Waals surface area (Å²) in [6.07, 6.45) is 1.79. The average Bonchev–Trinajstić information content (AvgIpc) is 2.62. The molecule has 2 aromatic rings. The number of carbonyl (C=O) groups excluding carboxylic acids is 1. The van der Waals surface area contributed by atoms with Crippen LogP contribution in [0.5, 0.6) is 0 Å². The van der Waals surface area contributed by atoms with Gasteiger partial charge in [-0.1, -0.05) is 36.4 Å². The van der Waals surface area contributed by atoms with Gasteiger partial charge in [0.15, 0.2) is 9.84 Å². The largest absolute Gasteiger partial charge is 0.337 e. The molecule has 0 aliphatic carbocycles. The van der Waals surface area contributed by atoms with E-state index in [4.69, 9.17) is 5.73 Å². The van der Waals surface area contributed by atoms with Gasteiger partial charge in [0.1, 0.15) is 0 Å². The maximum atomic E-state index is 12.7. The van der Waals surface area contributed by atoms with Crippen molar-refractivity contribution in [2.45, 2.75) is 29.5 Å². The minimum atomic E-state index is -3.51. The topological polar surface area (TPSA) is 80.5 Å². The highest BCUT2D eigenvalue weighted by Crippen LogP contribution is 2.20. The van der Waals surface area contributed by atoms with Crippen molar-refractivity contribution < 1.29 is 13.2 Å². The molecular formula is C19H22N2O3S. The van der Waals surface area contributed by atoms with Gasteiger partial charge in [0, 0.05) is 24.7 Å². The van der Waals surface area contributed by atoms with E-state index in [-0.39, 0.29) is 22.6 Å². The van der Waals surface area contributed by atoms with Crippen LogP contribution in [0.15, 0.2) is 59.5 Å². The van der Waals surface area contributed by atoms with Gasteiger partial charge < -0.3 is 10.6 Å². The highest BCUT2D eigenvalue weighted by molar-refractivity contribution is 7.90. The van der Waals surface area contributed by atoms with Crippen LogP contribution in [0, 0.1) is 0 Å². The molecule has 2 N–H and O–H groups in total. The molecule has 1 amide bonds. The molecule has 132 valence electrons. The summed E-state index contributed by atoms with van der Waals surface area (Å²) >= 11 is 0. The average molecular weight is 358 g/mol. The maximum Gasteiger partial charge on any atom is 0.253 e. The number of nitrogens with two attached hydrogens (primary N) is 1. The van der Waals surface area contributed by atoms with Gasteiger partial charge in [-0.2, -0.15) is 0 Å². The molecule has 1 heterocycles. The third-order valence-electron chi connectivity index (χ3n) is 4.38. The number of hydrogen-bond acceptors (Lipinski definition) is 4. The number of nitrogens with zero attached hydrogens (tertiary/aromatic N) is 1. The lowest BCUT2D eigenvalue weighted by Crippen LogP contribution is -2.45. The number of piperidine rings is 1. The SMILES string of the molecule is NC1CCCN(C(=O)c2cccc(S(=O)(=O)Cc3ccccc3)c2)C1. The monoisotopic (exact) mass is 358 g/mol. The molecule has 1 atom stereocenters. The summed E-state index contributed by atoms with van der Waals surface area (Å²) in [4.78, 5) is 14.5. The van der Waals surface area contributed by atoms with Gasteiger partial charge in [-0.15, -0.1) is 0 Å². The molecular weight excluding hydrogens is 336 g/mol. The van der Waals surface area contributed by atoms with Gasteiger partial charge in [0.25, 0.3) is 5.91 Å². The molecule has 2 aromatic carbocycles. The van der Waals surface area contributed by atoms with Crippen molar-refractivity contribution in [3.63, 3.8) is 0 Å². The molecule has 1 fully saturated rings. The first-order chi connectivity index (χ1) is 12.0. The zero-order valence-corrected chi connectivity index (χ0v) is 14.8. The molecule has 0 saturated carbocycles. The van der Waals surface area contributed by atoms with Crippen LogP contribution in [-0.4, -0.2) is 38.4 Å². The van der Waals surface area contributed by atoms with Crippen molar-refractivity contribution in [2.24, 2.45) is 5.73 Å². The Kier molecular flexibility index (Phi) is 5.20. The van der Waals surface area contributed by atoms with Crippen LogP contribution in [0.4, 0.5) is 0 Å². The lowest BCUT2D eigenvalue weighted by Gasteiger charge is -2.30. The van der Waals surface area contributed by atoms with Crippen molar-refractivity contribution in [1.29, 1.82) is 0 Å². The fourth-order valence-corrected chi connectivity index (χ4v) is 4.47. The first-order valence-corrected chi connectivity index (χ1v) is 10.0. The predicted molar refractivity (Wildman–Crippen MR) is 96.9 cm³/mol. The van der Waals surface area contributed by atoms with E-state index in [0.717, 1.165) is 18.4 Å². The zero-order chi connectivity index (χ0) is 17.9. The quantitative estimate of drug-likeness (QED) is 0.909. The fourth-order valence-electron chi connectivity index (χ4n) is 3.08. The molecule has 1 unspecified atom stereocenters. The number of benzene rings is 2. The highest BCUT2D eigenvalue weighted by atomic mass is 32.2. The minimum Gasteiger partial charge on any atom is -0.337 e. The Morgan fingerprint density at radius 3 is 2.60 bits per heavy atom. The number of amides is 1. The van der Waals surface area contributed by atoms with Gasteiger partial charge in [-0.25, -0.2) is 8.42 Å². The third-order valence-corrected chi connectivity index (χ3v) is 6.07. The summed E-state index contributed by atoms with van der Waals surface area (Å²) in [5.74, 6) is -0.244. The van der Waals surface area contributed by atoms with Crippen molar-refractivity contribution in [3.05, 3.63) is 65.7 Å². The number of sulfone groups is 1. The van der Waals surface area contributed by atoms with Crippen LogP contribution in [0.3, 0.4) is 0 Å². The Morgan fingerprint density at radius 1 is 1.12 bits per heavy atom. The van der Waals surface area contributed by atoms with Gasteiger partial charge in [0.05, 0.1) is 10.6 Å². The zero-order valence-electron chi connectivity index (χ0n) is 14.0. The number of likely N-dealkylation sites (tertiary alicyclic amines) is 1.